The predicted octanol–water partition coefficient (Wildman–Crippen LogP) is 5.12. The number of carbonyl (C=O) groups excluding carboxylic acids is 1. The van der Waals surface area contributed by atoms with Crippen molar-refractivity contribution < 1.29 is 27.4 Å². The van der Waals surface area contributed by atoms with Crippen LogP contribution in [-0.4, -0.2) is 18.1 Å². The van der Waals surface area contributed by atoms with Crippen molar-refractivity contribution >= 4 is 17.3 Å². The summed E-state index contributed by atoms with van der Waals surface area (Å²) in [5.41, 5.74) is 0.604. The Kier molecular flexibility index (Phi) is 5.99. The molecule has 0 aliphatic rings. The molecule has 1 aromatic heterocycles. The van der Waals surface area contributed by atoms with Crippen LogP contribution in [0.15, 0.2) is 53.9 Å². The molecule has 0 bridgehead atoms. The molecule has 0 N–H and O–H groups in total. The Morgan fingerprint density at radius 3 is 2.57 bits per heavy atom. The fraction of sp³-hybridized carbons (Fsp3) is 0.200. The monoisotopic (exact) mass is 407 g/mol. The van der Waals surface area contributed by atoms with Gasteiger partial charge in [-0.25, -0.2) is 9.78 Å². The Labute approximate surface area is 163 Å². The summed E-state index contributed by atoms with van der Waals surface area (Å²) in [4.78, 5) is 15.7. The number of alkyl halides is 3. The van der Waals surface area contributed by atoms with Crippen LogP contribution in [0.4, 0.5) is 13.2 Å². The van der Waals surface area contributed by atoms with Crippen molar-refractivity contribution in [2.45, 2.75) is 19.2 Å². The lowest BCUT2D eigenvalue weighted by atomic mass is 10.1. The van der Waals surface area contributed by atoms with Crippen LogP contribution in [0.5, 0.6) is 5.75 Å². The van der Waals surface area contributed by atoms with E-state index in [-0.39, 0.29) is 18.7 Å². The maximum Gasteiger partial charge on any atom is 0.416 e. The summed E-state index contributed by atoms with van der Waals surface area (Å²) in [6.45, 7) is 0.227. The maximum absolute atomic E-state index is 13.1. The van der Waals surface area contributed by atoms with Crippen molar-refractivity contribution in [3.63, 3.8) is 0 Å². The van der Waals surface area contributed by atoms with Crippen molar-refractivity contribution in [1.29, 1.82) is 0 Å². The first kappa shape index (κ1) is 19.9. The zero-order valence-corrected chi connectivity index (χ0v) is 15.6. The first-order valence-electron chi connectivity index (χ1n) is 8.26. The van der Waals surface area contributed by atoms with Crippen LogP contribution in [0.1, 0.15) is 32.2 Å². The van der Waals surface area contributed by atoms with Gasteiger partial charge >= 0.3 is 12.1 Å². The molecule has 3 rings (SSSR count). The number of halogens is 3. The van der Waals surface area contributed by atoms with Gasteiger partial charge in [-0.3, -0.25) is 0 Å². The minimum absolute atomic E-state index is 0.107. The Bertz CT molecular complexity index is 955. The van der Waals surface area contributed by atoms with Crippen molar-refractivity contribution in [3.8, 4) is 5.75 Å². The van der Waals surface area contributed by atoms with Gasteiger partial charge in [0, 0.05) is 17.4 Å². The first-order valence-corrected chi connectivity index (χ1v) is 9.14. The van der Waals surface area contributed by atoms with Gasteiger partial charge in [0.2, 0.25) is 0 Å². The van der Waals surface area contributed by atoms with E-state index >= 15 is 0 Å². The zero-order valence-electron chi connectivity index (χ0n) is 14.8. The maximum atomic E-state index is 13.1. The molecule has 28 heavy (non-hydrogen) atoms. The van der Waals surface area contributed by atoms with Crippen LogP contribution in [0.2, 0.25) is 0 Å². The van der Waals surface area contributed by atoms with Crippen molar-refractivity contribution in [1.82, 2.24) is 4.98 Å². The van der Waals surface area contributed by atoms with Crippen LogP contribution in [0.25, 0.3) is 0 Å². The molecule has 4 nitrogen and oxygen atoms in total. The molecule has 0 atom stereocenters. The zero-order chi connectivity index (χ0) is 20.1. The first-order chi connectivity index (χ1) is 13.4. The van der Waals surface area contributed by atoms with E-state index in [1.165, 1.54) is 29.9 Å². The fourth-order valence-electron chi connectivity index (χ4n) is 2.52. The third-order valence-corrected chi connectivity index (χ3v) is 4.76. The summed E-state index contributed by atoms with van der Waals surface area (Å²) < 4.78 is 49.8. The number of rotatable bonds is 6. The lowest BCUT2D eigenvalue weighted by Crippen LogP contribution is -2.07. The van der Waals surface area contributed by atoms with Crippen LogP contribution in [0, 0.1) is 0 Å². The van der Waals surface area contributed by atoms with E-state index in [1.54, 1.807) is 0 Å². The molecule has 0 spiro atoms. The SMILES string of the molecule is COC(=O)c1csc(Cc2cc(C(F)(F)F)ccc2OCc2ccccc2)n1. The van der Waals surface area contributed by atoms with Crippen LogP contribution < -0.4 is 4.74 Å². The smallest absolute Gasteiger partial charge is 0.416 e. The number of nitrogens with zero attached hydrogens (tertiary/aromatic N) is 1. The summed E-state index contributed by atoms with van der Waals surface area (Å²) in [5.74, 6) is -0.251. The molecule has 0 amide bonds. The molecule has 146 valence electrons. The minimum atomic E-state index is -4.47. The number of hydrogen-bond acceptors (Lipinski definition) is 5. The summed E-state index contributed by atoms with van der Waals surface area (Å²) in [5, 5.41) is 2.00. The molecule has 0 saturated heterocycles. The van der Waals surface area contributed by atoms with E-state index in [2.05, 4.69) is 9.72 Å². The highest BCUT2D eigenvalue weighted by molar-refractivity contribution is 7.09. The molecule has 1 heterocycles. The average Bonchev–Trinajstić information content (AvgIpc) is 3.15. The number of esters is 1. The van der Waals surface area contributed by atoms with E-state index in [9.17, 15) is 18.0 Å². The highest BCUT2D eigenvalue weighted by atomic mass is 32.1. The molecule has 2 aromatic carbocycles. The van der Waals surface area contributed by atoms with Crippen molar-refractivity contribution in [2.24, 2.45) is 0 Å². The van der Waals surface area contributed by atoms with E-state index in [0.717, 1.165) is 17.7 Å². The number of thiazole rings is 1. The van der Waals surface area contributed by atoms with Gasteiger partial charge in [0.1, 0.15) is 12.4 Å². The van der Waals surface area contributed by atoms with Crippen molar-refractivity contribution in [2.75, 3.05) is 7.11 Å². The Balaban J connectivity index is 1.87. The number of ether oxygens (including phenoxy) is 2. The van der Waals surface area contributed by atoms with Gasteiger partial charge in [0.15, 0.2) is 5.69 Å². The van der Waals surface area contributed by atoms with Crippen LogP contribution >= 0.6 is 11.3 Å². The second-order valence-electron chi connectivity index (χ2n) is 5.89. The van der Waals surface area contributed by atoms with Crippen LogP contribution in [0.3, 0.4) is 0 Å². The quantitative estimate of drug-likeness (QED) is 0.533. The van der Waals surface area contributed by atoms with Gasteiger partial charge in [-0.05, 0) is 23.8 Å². The van der Waals surface area contributed by atoms with Gasteiger partial charge in [0.25, 0.3) is 0 Å². The van der Waals surface area contributed by atoms with E-state index in [1.807, 2.05) is 30.3 Å². The lowest BCUT2D eigenvalue weighted by Gasteiger charge is -2.14. The minimum Gasteiger partial charge on any atom is -0.489 e. The van der Waals surface area contributed by atoms with Gasteiger partial charge in [-0.1, -0.05) is 30.3 Å². The summed E-state index contributed by atoms with van der Waals surface area (Å²) in [6, 6.07) is 12.7. The molecular weight excluding hydrogens is 391 g/mol. The van der Waals surface area contributed by atoms with Gasteiger partial charge in [-0.2, -0.15) is 13.2 Å². The number of methoxy groups -OCH3 is 1. The standard InChI is InChI=1S/C20H16F3NO3S/c1-26-19(25)16-12-28-18(24-16)10-14-9-15(20(21,22)23)7-8-17(14)27-11-13-5-3-2-4-6-13/h2-9,12H,10-11H2,1H3. The highest BCUT2D eigenvalue weighted by Crippen LogP contribution is 2.34. The van der Waals surface area contributed by atoms with Gasteiger partial charge in [0.05, 0.1) is 17.7 Å². The molecule has 8 heteroatoms. The number of carbonyl (C=O) groups is 1. The number of aromatic nitrogens is 1. The van der Waals surface area contributed by atoms with Crippen molar-refractivity contribution in [3.05, 3.63) is 81.3 Å². The second kappa shape index (κ2) is 8.43. The summed E-state index contributed by atoms with van der Waals surface area (Å²) >= 11 is 1.18. The summed E-state index contributed by atoms with van der Waals surface area (Å²) in [6.07, 6.45) is -4.36. The molecule has 0 aliphatic carbocycles. The highest BCUT2D eigenvalue weighted by Gasteiger charge is 2.31. The largest absolute Gasteiger partial charge is 0.489 e. The molecule has 0 radical (unpaired) electrons. The van der Waals surface area contributed by atoms with E-state index in [0.29, 0.717) is 16.3 Å². The second-order valence-corrected chi connectivity index (χ2v) is 6.83. The van der Waals surface area contributed by atoms with Gasteiger partial charge < -0.3 is 9.47 Å². The van der Waals surface area contributed by atoms with Crippen LogP contribution in [-0.2, 0) is 23.9 Å². The Morgan fingerprint density at radius 1 is 1.14 bits per heavy atom. The fourth-order valence-corrected chi connectivity index (χ4v) is 3.31. The Morgan fingerprint density at radius 2 is 1.89 bits per heavy atom. The molecule has 0 unspecified atom stereocenters. The number of hydrogen-bond donors (Lipinski definition) is 0. The molecular formula is C20H16F3NO3S. The third kappa shape index (κ3) is 4.89. The normalized spacial score (nSPS) is 11.3. The van der Waals surface area contributed by atoms with Gasteiger partial charge in [-0.15, -0.1) is 11.3 Å². The predicted molar refractivity (Wildman–Crippen MR) is 98.5 cm³/mol. The molecule has 0 fully saturated rings. The molecule has 3 aromatic rings. The third-order valence-electron chi connectivity index (χ3n) is 3.91. The molecule has 0 saturated carbocycles. The summed E-state index contributed by atoms with van der Waals surface area (Å²) in [7, 11) is 1.24. The topological polar surface area (TPSA) is 48.4 Å². The van der Waals surface area contributed by atoms with E-state index < -0.39 is 17.7 Å². The lowest BCUT2D eigenvalue weighted by molar-refractivity contribution is -0.137. The van der Waals surface area contributed by atoms with E-state index in [4.69, 9.17) is 4.74 Å². The Hall–Kier alpha value is -2.87. The number of benzene rings is 2. The molecule has 0 aliphatic heterocycles. The average molecular weight is 407 g/mol.